The molecule has 21 heavy (non-hydrogen) atoms. The summed E-state index contributed by atoms with van der Waals surface area (Å²) in [5.74, 6) is -0.369. The van der Waals surface area contributed by atoms with Crippen LogP contribution >= 0.6 is 12.4 Å². The van der Waals surface area contributed by atoms with Crippen LogP contribution in [0.3, 0.4) is 0 Å². The Morgan fingerprint density at radius 2 is 2.24 bits per heavy atom. The summed E-state index contributed by atoms with van der Waals surface area (Å²) in [5.41, 5.74) is 5.40. The molecule has 0 spiro atoms. The number of nitriles is 1. The van der Waals surface area contributed by atoms with E-state index < -0.39 is 0 Å². The normalized spacial score (nSPS) is 20.4. The van der Waals surface area contributed by atoms with Gasteiger partial charge in [-0.15, -0.1) is 12.4 Å². The quantitative estimate of drug-likeness (QED) is 0.932. The molecule has 1 saturated heterocycles. The van der Waals surface area contributed by atoms with Crippen molar-refractivity contribution >= 4 is 12.4 Å². The minimum absolute atomic E-state index is 0. The van der Waals surface area contributed by atoms with Crippen LogP contribution in [0, 0.1) is 24.1 Å². The van der Waals surface area contributed by atoms with Gasteiger partial charge in [0.1, 0.15) is 5.82 Å². The molecule has 2 atom stereocenters. The summed E-state index contributed by atoms with van der Waals surface area (Å²) in [6.45, 7) is 8.14. The van der Waals surface area contributed by atoms with Crippen molar-refractivity contribution in [2.75, 3.05) is 19.7 Å². The molecule has 2 unspecified atom stereocenters. The average molecular weight is 314 g/mol. The van der Waals surface area contributed by atoms with Gasteiger partial charge in [0.25, 0.3) is 0 Å². The number of hydrazine groups is 1. The minimum atomic E-state index is -0.369. The highest BCUT2D eigenvalue weighted by atomic mass is 35.5. The largest absolute Gasteiger partial charge is 0.376 e. The van der Waals surface area contributed by atoms with Crippen LogP contribution in [0.2, 0.25) is 0 Å². The van der Waals surface area contributed by atoms with Crippen LogP contribution < -0.4 is 5.43 Å². The zero-order chi connectivity index (χ0) is 14.7. The van der Waals surface area contributed by atoms with Gasteiger partial charge < -0.3 is 4.74 Å². The number of hydrogen-bond donors (Lipinski definition) is 1. The molecule has 0 aliphatic carbocycles. The molecule has 1 aliphatic rings. The molecule has 0 radical (unpaired) electrons. The van der Waals surface area contributed by atoms with Crippen LogP contribution in [0.4, 0.5) is 4.39 Å². The summed E-state index contributed by atoms with van der Waals surface area (Å²) in [5, 5.41) is 11.1. The van der Waals surface area contributed by atoms with Gasteiger partial charge in [-0.25, -0.2) is 14.8 Å². The Bertz CT molecular complexity index is 532. The molecule has 1 N–H and O–H groups in total. The Morgan fingerprint density at radius 3 is 2.86 bits per heavy atom. The van der Waals surface area contributed by atoms with Crippen molar-refractivity contribution in [1.82, 2.24) is 10.4 Å². The van der Waals surface area contributed by atoms with E-state index in [4.69, 9.17) is 10.00 Å². The van der Waals surface area contributed by atoms with E-state index in [1.807, 2.05) is 26.8 Å². The molecule has 2 rings (SSSR count). The maximum Gasteiger partial charge on any atom is 0.124 e. The summed E-state index contributed by atoms with van der Waals surface area (Å²) in [7, 11) is 0. The molecule has 0 bridgehead atoms. The number of benzene rings is 1. The number of nitrogens with one attached hydrogen (secondary N) is 1. The summed E-state index contributed by atoms with van der Waals surface area (Å²) in [6, 6.07) is 4.77. The van der Waals surface area contributed by atoms with Crippen molar-refractivity contribution in [3.63, 3.8) is 0 Å². The minimum Gasteiger partial charge on any atom is -0.376 e. The van der Waals surface area contributed by atoms with E-state index >= 15 is 0 Å². The molecule has 1 aliphatic heterocycles. The van der Waals surface area contributed by atoms with E-state index in [0.29, 0.717) is 12.2 Å². The highest BCUT2D eigenvalue weighted by Gasteiger charge is 2.20. The topological polar surface area (TPSA) is 48.3 Å². The summed E-state index contributed by atoms with van der Waals surface area (Å²) in [4.78, 5) is 0. The number of hydrogen-bond acceptors (Lipinski definition) is 4. The Hall–Kier alpha value is -1.19. The van der Waals surface area contributed by atoms with Crippen LogP contribution in [-0.2, 0) is 4.74 Å². The number of nitrogens with zero attached hydrogens (tertiary/aromatic N) is 2. The fourth-order valence-corrected chi connectivity index (χ4v) is 2.55. The van der Waals surface area contributed by atoms with E-state index in [1.54, 1.807) is 0 Å². The standard InChI is InChI=1S/C15H20FN3O.ClH/c1-10-9-19(4-5-20-10)18-12(3)15-7-14(16)6-13(8-17)11(15)2;/h6-7,10,12,18H,4-5,9H2,1-3H3;1H. The Labute approximate surface area is 131 Å². The molecule has 1 fully saturated rings. The van der Waals surface area contributed by atoms with E-state index in [1.165, 1.54) is 12.1 Å². The maximum atomic E-state index is 13.6. The van der Waals surface area contributed by atoms with Crippen LogP contribution in [0.5, 0.6) is 0 Å². The lowest BCUT2D eigenvalue weighted by atomic mass is 9.98. The summed E-state index contributed by atoms with van der Waals surface area (Å²) >= 11 is 0. The van der Waals surface area contributed by atoms with E-state index in [-0.39, 0.29) is 30.4 Å². The lowest BCUT2D eigenvalue weighted by molar-refractivity contribution is -0.0431. The molecule has 0 amide bonds. The molecule has 0 aromatic heterocycles. The second kappa shape index (κ2) is 7.71. The first kappa shape index (κ1) is 17.9. The average Bonchev–Trinajstić information content (AvgIpc) is 2.40. The summed E-state index contributed by atoms with van der Waals surface area (Å²) in [6.07, 6.45) is 0.187. The molecule has 1 aromatic carbocycles. The van der Waals surface area contributed by atoms with Crippen molar-refractivity contribution in [3.05, 3.63) is 34.6 Å². The Kier molecular flexibility index (Phi) is 6.56. The van der Waals surface area contributed by atoms with Crippen molar-refractivity contribution in [3.8, 4) is 6.07 Å². The zero-order valence-electron chi connectivity index (χ0n) is 12.5. The molecule has 1 heterocycles. The van der Waals surface area contributed by atoms with Gasteiger partial charge in [0.15, 0.2) is 0 Å². The monoisotopic (exact) mass is 313 g/mol. The molecule has 4 nitrogen and oxygen atoms in total. The van der Waals surface area contributed by atoms with Crippen molar-refractivity contribution < 1.29 is 9.13 Å². The highest BCUT2D eigenvalue weighted by molar-refractivity contribution is 5.85. The van der Waals surface area contributed by atoms with Crippen LogP contribution in [0.15, 0.2) is 12.1 Å². The molecular weight excluding hydrogens is 293 g/mol. The Balaban J connectivity index is 0.00000220. The van der Waals surface area contributed by atoms with Crippen LogP contribution in [0.1, 0.15) is 36.6 Å². The predicted octanol–water partition coefficient (Wildman–Crippen LogP) is 2.71. The number of halogens is 2. The van der Waals surface area contributed by atoms with Crippen LogP contribution in [0.25, 0.3) is 0 Å². The molecular formula is C15H21ClFN3O. The smallest absolute Gasteiger partial charge is 0.124 e. The van der Waals surface area contributed by atoms with Crippen LogP contribution in [-0.4, -0.2) is 30.8 Å². The maximum absolute atomic E-state index is 13.6. The second-order valence-electron chi connectivity index (χ2n) is 5.26. The number of morpholine rings is 1. The zero-order valence-corrected chi connectivity index (χ0v) is 13.3. The van der Waals surface area contributed by atoms with Gasteiger partial charge in [0.05, 0.1) is 24.3 Å². The van der Waals surface area contributed by atoms with Gasteiger partial charge in [-0.2, -0.15) is 5.26 Å². The van der Waals surface area contributed by atoms with Crippen molar-refractivity contribution in [2.45, 2.75) is 32.9 Å². The third-order valence-electron chi connectivity index (χ3n) is 3.62. The first-order valence-corrected chi connectivity index (χ1v) is 6.84. The highest BCUT2D eigenvalue weighted by Crippen LogP contribution is 2.22. The van der Waals surface area contributed by atoms with Gasteiger partial charge >= 0.3 is 0 Å². The first-order valence-electron chi connectivity index (χ1n) is 6.84. The third kappa shape index (κ3) is 4.39. The molecule has 116 valence electrons. The number of ether oxygens (including phenoxy) is 1. The second-order valence-corrected chi connectivity index (χ2v) is 5.26. The lowest BCUT2D eigenvalue weighted by Gasteiger charge is -2.34. The van der Waals surface area contributed by atoms with Crippen molar-refractivity contribution in [1.29, 1.82) is 5.26 Å². The van der Waals surface area contributed by atoms with E-state index in [2.05, 4.69) is 10.4 Å². The van der Waals surface area contributed by atoms with E-state index in [9.17, 15) is 4.39 Å². The number of rotatable bonds is 3. The van der Waals surface area contributed by atoms with Crippen molar-refractivity contribution in [2.24, 2.45) is 0 Å². The fraction of sp³-hybridized carbons (Fsp3) is 0.533. The SMILES string of the molecule is Cc1c(C#N)cc(F)cc1C(C)NN1CCOC(C)C1.Cl. The lowest BCUT2D eigenvalue weighted by Crippen LogP contribution is -2.49. The first-order chi connectivity index (χ1) is 9.51. The predicted molar refractivity (Wildman–Crippen MR) is 81.6 cm³/mol. The third-order valence-corrected chi connectivity index (χ3v) is 3.62. The molecule has 6 heteroatoms. The molecule has 1 aromatic rings. The van der Waals surface area contributed by atoms with Gasteiger partial charge in [0.2, 0.25) is 0 Å². The van der Waals surface area contributed by atoms with Gasteiger partial charge in [-0.3, -0.25) is 0 Å². The van der Waals surface area contributed by atoms with Gasteiger partial charge in [0, 0.05) is 19.1 Å². The van der Waals surface area contributed by atoms with Gasteiger partial charge in [-0.1, -0.05) is 0 Å². The Morgan fingerprint density at radius 1 is 1.52 bits per heavy atom. The van der Waals surface area contributed by atoms with Gasteiger partial charge in [-0.05, 0) is 44.0 Å². The van der Waals surface area contributed by atoms with E-state index in [0.717, 1.165) is 24.2 Å². The molecule has 0 saturated carbocycles. The fourth-order valence-electron chi connectivity index (χ4n) is 2.55. The summed E-state index contributed by atoms with van der Waals surface area (Å²) < 4.78 is 19.1.